The Morgan fingerprint density at radius 3 is 2.33 bits per heavy atom. The summed E-state index contributed by atoms with van der Waals surface area (Å²) in [6, 6.07) is 5.46. The molecule has 0 radical (unpaired) electrons. The fourth-order valence-electron chi connectivity index (χ4n) is 1.68. The molecule has 1 rings (SSSR count). The van der Waals surface area contributed by atoms with E-state index in [1.807, 2.05) is 13.8 Å². The lowest BCUT2D eigenvalue weighted by Crippen LogP contribution is -2.47. The Morgan fingerprint density at radius 1 is 1.24 bits per heavy atom. The number of aliphatic carboxylic acids is 1. The minimum absolute atomic E-state index is 0.182. The van der Waals surface area contributed by atoms with Crippen molar-refractivity contribution in [3.63, 3.8) is 0 Å². The number of carboxylic acid groups (broad SMARTS) is 1. The second-order valence-corrected chi connectivity index (χ2v) is 5.14. The van der Waals surface area contributed by atoms with Gasteiger partial charge in [0, 0.05) is 17.7 Å². The van der Waals surface area contributed by atoms with Crippen molar-refractivity contribution < 1.29 is 14.7 Å². The molecular formula is C16H20N2O3. The highest BCUT2D eigenvalue weighted by Gasteiger charge is 2.20. The van der Waals surface area contributed by atoms with Gasteiger partial charge in [0.15, 0.2) is 0 Å². The van der Waals surface area contributed by atoms with Gasteiger partial charge in [-0.1, -0.05) is 19.8 Å². The molecule has 5 heteroatoms. The molecule has 0 fully saturated rings. The van der Waals surface area contributed by atoms with Crippen LogP contribution in [0.25, 0.3) is 0 Å². The van der Waals surface area contributed by atoms with Crippen molar-refractivity contribution in [3.05, 3.63) is 35.4 Å². The third-order valence-electron chi connectivity index (χ3n) is 2.82. The molecule has 112 valence electrons. The van der Waals surface area contributed by atoms with Crippen molar-refractivity contribution in [1.82, 2.24) is 10.6 Å². The van der Waals surface area contributed by atoms with Gasteiger partial charge >= 0.3 is 5.97 Å². The highest BCUT2D eigenvalue weighted by molar-refractivity contribution is 5.96. The van der Waals surface area contributed by atoms with Gasteiger partial charge in [-0.05, 0) is 36.7 Å². The molecule has 0 aromatic heterocycles. The molecule has 21 heavy (non-hydrogen) atoms. The van der Waals surface area contributed by atoms with E-state index in [1.165, 1.54) is 0 Å². The van der Waals surface area contributed by atoms with Crippen molar-refractivity contribution in [2.45, 2.75) is 19.9 Å². The fraction of sp³-hybridized carbons (Fsp3) is 0.375. The highest BCUT2D eigenvalue weighted by Crippen LogP contribution is 2.03. The number of hydrogen-bond donors (Lipinski definition) is 3. The first-order valence-electron chi connectivity index (χ1n) is 6.75. The zero-order valence-corrected chi connectivity index (χ0v) is 12.2. The number of carbonyl (C=O) groups excluding carboxylic acids is 1. The lowest BCUT2D eigenvalue weighted by molar-refractivity contribution is -0.139. The number of terminal acetylenes is 1. The van der Waals surface area contributed by atoms with E-state index < -0.39 is 17.9 Å². The van der Waals surface area contributed by atoms with Gasteiger partial charge in [-0.25, -0.2) is 4.79 Å². The van der Waals surface area contributed by atoms with Crippen LogP contribution in [0.1, 0.15) is 29.8 Å². The topological polar surface area (TPSA) is 78.4 Å². The van der Waals surface area contributed by atoms with Crippen molar-refractivity contribution in [2.75, 3.05) is 13.1 Å². The van der Waals surface area contributed by atoms with Crippen molar-refractivity contribution in [3.8, 4) is 12.3 Å². The molecule has 1 unspecified atom stereocenters. The predicted molar refractivity (Wildman–Crippen MR) is 81.0 cm³/mol. The molecule has 0 heterocycles. The molecule has 1 atom stereocenters. The normalized spacial score (nSPS) is 11.7. The number of carboxylic acids is 1. The van der Waals surface area contributed by atoms with Crippen LogP contribution < -0.4 is 10.6 Å². The molecule has 1 amide bonds. The number of carbonyl (C=O) groups is 2. The molecule has 5 nitrogen and oxygen atoms in total. The molecule has 1 aromatic carbocycles. The van der Waals surface area contributed by atoms with E-state index in [-0.39, 0.29) is 6.54 Å². The molecular weight excluding hydrogens is 268 g/mol. The summed E-state index contributed by atoms with van der Waals surface area (Å²) in [4.78, 5) is 23.2. The average Bonchev–Trinajstić information content (AvgIpc) is 2.45. The molecule has 0 aliphatic carbocycles. The Morgan fingerprint density at radius 2 is 1.86 bits per heavy atom. The summed E-state index contributed by atoms with van der Waals surface area (Å²) in [5.41, 5.74) is 1.05. The maximum absolute atomic E-state index is 12.0. The Bertz CT molecular complexity index is 529. The van der Waals surface area contributed by atoms with E-state index in [0.29, 0.717) is 23.6 Å². The number of nitrogens with one attached hydrogen (secondary N) is 2. The van der Waals surface area contributed by atoms with Crippen LogP contribution in [0.5, 0.6) is 0 Å². The van der Waals surface area contributed by atoms with Crippen LogP contribution in [0.2, 0.25) is 0 Å². The number of rotatable bonds is 7. The molecule has 0 spiro atoms. The van der Waals surface area contributed by atoms with Crippen LogP contribution in [0.4, 0.5) is 0 Å². The Balaban J connectivity index is 2.63. The second-order valence-electron chi connectivity index (χ2n) is 5.14. The zero-order chi connectivity index (χ0) is 15.8. The fourth-order valence-corrected chi connectivity index (χ4v) is 1.68. The standard InChI is InChI=1S/C16H20N2O3/c1-4-12-5-7-13(8-6-12)15(19)18-14(16(20)21)10-17-9-11(2)3/h1,5-8,11,14,17H,9-10H2,2-3H3,(H,18,19)(H,20,21). The van der Waals surface area contributed by atoms with E-state index in [0.717, 1.165) is 0 Å². The largest absolute Gasteiger partial charge is 0.480 e. The van der Waals surface area contributed by atoms with Gasteiger partial charge in [-0.3, -0.25) is 4.79 Å². The van der Waals surface area contributed by atoms with Crippen LogP contribution in [0, 0.1) is 18.3 Å². The van der Waals surface area contributed by atoms with E-state index >= 15 is 0 Å². The van der Waals surface area contributed by atoms with Gasteiger partial charge in [0.1, 0.15) is 6.04 Å². The summed E-state index contributed by atoms with van der Waals surface area (Å²) in [6.07, 6.45) is 5.24. The van der Waals surface area contributed by atoms with Gasteiger partial charge in [0.05, 0.1) is 0 Å². The van der Waals surface area contributed by atoms with E-state index in [2.05, 4.69) is 16.6 Å². The molecule has 0 aliphatic rings. The maximum Gasteiger partial charge on any atom is 0.327 e. The Kier molecular flexibility index (Phi) is 6.44. The Hall–Kier alpha value is -2.32. The van der Waals surface area contributed by atoms with Crippen LogP contribution in [-0.2, 0) is 4.79 Å². The SMILES string of the molecule is C#Cc1ccc(C(=O)NC(CNCC(C)C)C(=O)O)cc1. The van der Waals surface area contributed by atoms with Gasteiger partial charge in [-0.2, -0.15) is 0 Å². The molecule has 1 aromatic rings. The quantitative estimate of drug-likeness (QED) is 0.656. The zero-order valence-electron chi connectivity index (χ0n) is 12.2. The van der Waals surface area contributed by atoms with Gasteiger partial charge in [0.25, 0.3) is 5.91 Å². The maximum atomic E-state index is 12.0. The second kappa shape index (κ2) is 8.08. The summed E-state index contributed by atoms with van der Waals surface area (Å²) >= 11 is 0. The first-order valence-corrected chi connectivity index (χ1v) is 6.75. The summed E-state index contributed by atoms with van der Waals surface area (Å²) in [5, 5.41) is 14.6. The van der Waals surface area contributed by atoms with Crippen LogP contribution in [0.3, 0.4) is 0 Å². The predicted octanol–water partition coefficient (Wildman–Crippen LogP) is 1.10. The smallest absolute Gasteiger partial charge is 0.327 e. The lowest BCUT2D eigenvalue weighted by Gasteiger charge is -2.16. The molecule has 0 aliphatic heterocycles. The van der Waals surface area contributed by atoms with Crippen LogP contribution >= 0.6 is 0 Å². The average molecular weight is 288 g/mol. The van der Waals surface area contributed by atoms with Gasteiger partial charge in [0.2, 0.25) is 0 Å². The van der Waals surface area contributed by atoms with Gasteiger partial charge < -0.3 is 15.7 Å². The monoisotopic (exact) mass is 288 g/mol. The summed E-state index contributed by atoms with van der Waals surface area (Å²) < 4.78 is 0. The summed E-state index contributed by atoms with van der Waals surface area (Å²) in [5.74, 6) is 1.36. The first-order chi connectivity index (χ1) is 9.93. The number of amides is 1. The molecule has 0 bridgehead atoms. The highest BCUT2D eigenvalue weighted by atomic mass is 16.4. The Labute approximate surface area is 124 Å². The number of hydrogen-bond acceptors (Lipinski definition) is 3. The third kappa shape index (κ3) is 5.67. The minimum Gasteiger partial charge on any atom is -0.480 e. The van der Waals surface area contributed by atoms with Crippen molar-refractivity contribution >= 4 is 11.9 Å². The molecule has 0 saturated carbocycles. The van der Waals surface area contributed by atoms with Gasteiger partial charge in [-0.15, -0.1) is 6.42 Å². The summed E-state index contributed by atoms with van der Waals surface area (Å²) in [7, 11) is 0. The molecule has 0 saturated heterocycles. The first kappa shape index (κ1) is 16.7. The molecule has 3 N–H and O–H groups in total. The minimum atomic E-state index is -1.07. The number of benzene rings is 1. The van der Waals surface area contributed by atoms with Crippen LogP contribution in [-0.4, -0.2) is 36.1 Å². The van der Waals surface area contributed by atoms with Crippen LogP contribution in [0.15, 0.2) is 24.3 Å². The van der Waals surface area contributed by atoms with Crippen molar-refractivity contribution in [2.24, 2.45) is 5.92 Å². The van der Waals surface area contributed by atoms with E-state index in [4.69, 9.17) is 11.5 Å². The van der Waals surface area contributed by atoms with Crippen molar-refractivity contribution in [1.29, 1.82) is 0 Å². The van der Waals surface area contributed by atoms with E-state index in [1.54, 1.807) is 24.3 Å². The summed E-state index contributed by atoms with van der Waals surface area (Å²) in [6.45, 7) is 4.92. The third-order valence-corrected chi connectivity index (χ3v) is 2.82. The van der Waals surface area contributed by atoms with E-state index in [9.17, 15) is 9.59 Å². The lowest BCUT2D eigenvalue weighted by atomic mass is 10.1.